The van der Waals surface area contributed by atoms with E-state index < -0.39 is 45.4 Å². The predicted octanol–water partition coefficient (Wildman–Crippen LogP) is 5.09. The van der Waals surface area contributed by atoms with E-state index in [1.54, 1.807) is 36.1 Å². The van der Waals surface area contributed by atoms with E-state index in [4.69, 9.17) is 33.1 Å². The summed E-state index contributed by atoms with van der Waals surface area (Å²) in [6.45, 7) is 3.18. The molecule has 0 radical (unpaired) electrons. The van der Waals surface area contributed by atoms with E-state index in [2.05, 4.69) is 10.6 Å². The molecule has 3 aromatic rings. The molecule has 0 saturated carbocycles. The van der Waals surface area contributed by atoms with Crippen molar-refractivity contribution in [3.63, 3.8) is 0 Å². The average Bonchev–Trinajstić information content (AvgIpc) is 3.42. The van der Waals surface area contributed by atoms with E-state index in [1.807, 2.05) is 29.2 Å². The molecule has 0 aliphatic carbocycles. The first-order valence-electron chi connectivity index (χ1n) is 14.6. The van der Waals surface area contributed by atoms with Crippen molar-refractivity contribution in [3.05, 3.63) is 99.0 Å². The van der Waals surface area contributed by atoms with Crippen LogP contribution in [0.3, 0.4) is 0 Å². The molecule has 2 unspecified atom stereocenters. The Morgan fingerprint density at radius 2 is 1.45 bits per heavy atom. The number of carbonyl (C=O) groups is 1. The number of sulfonamides is 1. The van der Waals surface area contributed by atoms with E-state index in [9.17, 15) is 26.4 Å². The minimum atomic E-state index is -4.64. The molecule has 2 atom stereocenters. The Morgan fingerprint density at radius 3 is 1.89 bits per heavy atom. The molecular weight excluding hydrogens is 702 g/mol. The van der Waals surface area contributed by atoms with Crippen LogP contribution in [-0.2, 0) is 26.7 Å². The van der Waals surface area contributed by atoms with Gasteiger partial charge in [-0.25, -0.2) is 13.6 Å². The molecule has 0 spiro atoms. The summed E-state index contributed by atoms with van der Waals surface area (Å²) >= 11 is 12.4. The van der Waals surface area contributed by atoms with Crippen LogP contribution in [0.2, 0.25) is 10.0 Å². The maximum absolute atomic E-state index is 14.8. The highest BCUT2D eigenvalue weighted by Gasteiger charge is 2.54. The van der Waals surface area contributed by atoms with Gasteiger partial charge in [0.2, 0.25) is 10.0 Å². The van der Waals surface area contributed by atoms with Gasteiger partial charge in [0.15, 0.2) is 5.66 Å². The van der Waals surface area contributed by atoms with Crippen molar-refractivity contribution in [1.82, 2.24) is 20.4 Å². The minimum Gasteiger partial charge on any atom is -0.493 e. The third-order valence-corrected chi connectivity index (χ3v) is 9.48. The lowest BCUT2D eigenvalue weighted by Crippen LogP contribution is -2.62. The lowest BCUT2D eigenvalue weighted by atomic mass is 9.94. The summed E-state index contributed by atoms with van der Waals surface area (Å²) in [6.07, 6.45) is -4.64. The lowest BCUT2D eigenvalue weighted by Gasteiger charge is -2.40. The molecule has 2 aliphatic heterocycles. The topological polar surface area (TPSA) is 117 Å². The number of hydrogen-bond acceptors (Lipinski definition) is 7. The van der Waals surface area contributed by atoms with Crippen LogP contribution >= 0.6 is 35.6 Å². The smallest absolute Gasteiger partial charge is 0.416 e. The van der Waals surface area contributed by atoms with Gasteiger partial charge in [0, 0.05) is 48.3 Å². The van der Waals surface area contributed by atoms with Gasteiger partial charge in [-0.05, 0) is 54.4 Å². The first-order chi connectivity index (χ1) is 21.7. The maximum Gasteiger partial charge on any atom is 0.416 e. The molecule has 1 amide bonds. The van der Waals surface area contributed by atoms with E-state index in [1.165, 1.54) is 6.07 Å². The number of nitrogens with one attached hydrogen (secondary N) is 2. The number of carbonyl (C=O) groups excluding carboxylic acids is 1. The number of rotatable bonds is 9. The number of halogens is 6. The molecule has 2 saturated heterocycles. The number of primary sulfonamides is 1. The second-order valence-corrected chi connectivity index (χ2v) is 13.8. The van der Waals surface area contributed by atoms with Crippen molar-refractivity contribution >= 4 is 51.5 Å². The molecule has 2 aliphatic rings. The molecule has 2 fully saturated rings. The first-order valence-corrected chi connectivity index (χ1v) is 17.1. The van der Waals surface area contributed by atoms with Crippen LogP contribution in [0, 0.1) is 0 Å². The normalized spacial score (nSPS) is 22.1. The fourth-order valence-corrected chi connectivity index (χ4v) is 6.68. The van der Waals surface area contributed by atoms with E-state index >= 15 is 0 Å². The van der Waals surface area contributed by atoms with Crippen molar-refractivity contribution in [1.29, 1.82) is 0 Å². The van der Waals surface area contributed by atoms with Crippen molar-refractivity contribution in [2.45, 2.75) is 30.8 Å². The monoisotopic (exact) mass is 735 g/mol. The Kier molecular flexibility index (Phi) is 11.8. The third-order valence-electron chi connectivity index (χ3n) is 8.22. The predicted molar refractivity (Wildman–Crippen MR) is 177 cm³/mol. The van der Waals surface area contributed by atoms with Crippen LogP contribution in [0.1, 0.15) is 41.3 Å². The number of piperazine rings is 1. The van der Waals surface area contributed by atoms with Crippen molar-refractivity contribution in [2.75, 3.05) is 45.1 Å². The van der Waals surface area contributed by atoms with Gasteiger partial charge >= 0.3 is 6.18 Å². The van der Waals surface area contributed by atoms with Crippen LogP contribution in [0.25, 0.3) is 0 Å². The van der Waals surface area contributed by atoms with Crippen molar-refractivity contribution in [3.8, 4) is 5.75 Å². The van der Waals surface area contributed by atoms with E-state index in [0.717, 1.165) is 23.3 Å². The molecule has 4 N–H and O–H groups in total. The molecule has 5 rings (SSSR count). The zero-order valence-corrected chi connectivity index (χ0v) is 28.4. The first kappa shape index (κ1) is 37.2. The summed E-state index contributed by atoms with van der Waals surface area (Å²) in [5.41, 5.74) is -0.883. The lowest BCUT2D eigenvalue weighted by molar-refractivity contribution is -0.141. The number of ether oxygens (including phenoxy) is 1. The molecular formula is C31H35Cl3F3N5O4S. The van der Waals surface area contributed by atoms with E-state index in [0.29, 0.717) is 23.1 Å². The molecule has 16 heteroatoms. The summed E-state index contributed by atoms with van der Waals surface area (Å²) < 4.78 is 70.3. The summed E-state index contributed by atoms with van der Waals surface area (Å²) in [7, 11) is -3.66. The largest absolute Gasteiger partial charge is 0.493 e. The van der Waals surface area contributed by atoms with Gasteiger partial charge in [-0.2, -0.15) is 13.2 Å². The van der Waals surface area contributed by atoms with Crippen molar-refractivity contribution < 1.29 is 31.1 Å². The summed E-state index contributed by atoms with van der Waals surface area (Å²) in [5, 5.41) is 13.2. The molecule has 0 aromatic heterocycles. The standard InChI is InChI=1S/C31H34Cl2F3N5O4S.ClH/c1-2-45-26-19-22(31(34,35)36)7-12-25(26)30(29(42)41-15-13-40(14-16-41)17-18-46(37,43)44)38-27(20-3-8-23(32)9-4-20)28(39-30)21-5-10-24(33)11-6-21;/h3-12,19,27-28,38-39H,2,13-18H2,1H3,(H2,37,43,44);1H. The van der Waals surface area contributed by atoms with Gasteiger partial charge in [-0.15, -0.1) is 12.4 Å². The zero-order chi connectivity index (χ0) is 33.3. The number of alkyl halides is 3. The Labute approximate surface area is 288 Å². The third kappa shape index (κ3) is 8.52. The van der Waals surface area contributed by atoms with Gasteiger partial charge in [0.05, 0.1) is 30.0 Å². The summed E-state index contributed by atoms with van der Waals surface area (Å²) in [5.74, 6) is -0.734. The molecule has 9 nitrogen and oxygen atoms in total. The van der Waals surface area contributed by atoms with Crippen LogP contribution in [-0.4, -0.2) is 69.2 Å². The fraction of sp³-hybridized carbons (Fsp3) is 0.387. The number of amides is 1. The van der Waals surface area contributed by atoms with E-state index in [-0.39, 0.29) is 55.7 Å². The van der Waals surface area contributed by atoms with Gasteiger partial charge in [0.25, 0.3) is 5.91 Å². The number of nitrogens with zero attached hydrogens (tertiary/aromatic N) is 2. The van der Waals surface area contributed by atoms with Gasteiger partial charge in [-0.1, -0.05) is 53.5 Å². The van der Waals surface area contributed by atoms with Gasteiger partial charge < -0.3 is 9.64 Å². The van der Waals surface area contributed by atoms with Gasteiger partial charge in [-0.3, -0.25) is 20.3 Å². The van der Waals surface area contributed by atoms with Crippen LogP contribution in [0.4, 0.5) is 13.2 Å². The number of nitrogens with two attached hydrogens (primary N) is 1. The van der Waals surface area contributed by atoms with Crippen LogP contribution in [0.5, 0.6) is 5.75 Å². The van der Waals surface area contributed by atoms with Crippen molar-refractivity contribution in [2.24, 2.45) is 5.14 Å². The second-order valence-electron chi connectivity index (χ2n) is 11.2. The molecule has 0 bridgehead atoms. The quantitative estimate of drug-likeness (QED) is 0.280. The molecule has 2 heterocycles. The highest BCUT2D eigenvalue weighted by molar-refractivity contribution is 7.89. The molecule has 47 heavy (non-hydrogen) atoms. The zero-order valence-electron chi connectivity index (χ0n) is 25.3. The molecule has 256 valence electrons. The number of benzene rings is 3. The highest BCUT2D eigenvalue weighted by atomic mass is 35.5. The number of hydrogen-bond donors (Lipinski definition) is 3. The summed E-state index contributed by atoms with van der Waals surface area (Å²) in [4.78, 5) is 18.3. The van der Waals surface area contributed by atoms with Crippen LogP contribution < -0.4 is 20.5 Å². The molecule has 3 aromatic carbocycles. The Balaban J connectivity index is 0.00000500. The highest BCUT2D eigenvalue weighted by Crippen LogP contribution is 2.46. The second kappa shape index (κ2) is 14.9. The maximum atomic E-state index is 14.8. The van der Waals surface area contributed by atoms with Gasteiger partial charge in [0.1, 0.15) is 5.75 Å². The van der Waals surface area contributed by atoms with Crippen LogP contribution in [0.15, 0.2) is 66.7 Å². The Bertz CT molecular complexity index is 1600. The SMILES string of the molecule is CCOc1cc(C(F)(F)F)ccc1C1(C(=O)N2CCN(CCS(N)(=O)=O)CC2)NC(c2ccc(Cl)cc2)C(c2ccc(Cl)cc2)N1.Cl. The fourth-order valence-electron chi connectivity index (χ4n) is 5.91. The summed E-state index contributed by atoms with van der Waals surface area (Å²) in [6, 6.07) is 16.2. The Hall–Kier alpha value is -2.62. The Morgan fingerprint density at radius 1 is 0.936 bits per heavy atom. The average molecular weight is 737 g/mol. The minimum absolute atomic E-state index is 0.